The molecule has 0 aliphatic carbocycles. The molecule has 1 amide bonds. The molecule has 1 saturated heterocycles. The van der Waals surface area contributed by atoms with Crippen molar-refractivity contribution in [2.24, 2.45) is 0 Å². The van der Waals surface area contributed by atoms with Crippen LogP contribution in [0.4, 0.5) is 4.79 Å². The van der Waals surface area contributed by atoms with Crippen molar-refractivity contribution < 1.29 is 24.2 Å². The zero-order valence-corrected chi connectivity index (χ0v) is 20.7. The van der Waals surface area contributed by atoms with Crippen molar-refractivity contribution in [1.29, 1.82) is 0 Å². The smallest absolute Gasteiger partial charge is 0.411 e. The van der Waals surface area contributed by atoms with Crippen LogP contribution in [-0.4, -0.2) is 46.4 Å². The molecule has 6 nitrogen and oxygen atoms in total. The molecule has 0 saturated carbocycles. The van der Waals surface area contributed by atoms with Crippen molar-refractivity contribution in [3.8, 4) is 5.75 Å². The van der Waals surface area contributed by atoms with Gasteiger partial charge in [-0.1, -0.05) is 50.2 Å². The van der Waals surface area contributed by atoms with E-state index in [0.717, 1.165) is 10.0 Å². The van der Waals surface area contributed by atoms with Gasteiger partial charge >= 0.3 is 12.1 Å². The Bertz CT molecular complexity index is 984. The zero-order chi connectivity index (χ0) is 23.7. The molecule has 1 aliphatic rings. The Balaban J connectivity index is 1.76. The fourth-order valence-corrected chi connectivity index (χ4v) is 4.30. The molecule has 0 bridgehead atoms. The lowest BCUT2D eigenvalue weighted by atomic mass is 9.78. The number of hydrogen-bond donors (Lipinski definition) is 1. The van der Waals surface area contributed by atoms with Gasteiger partial charge in [-0.05, 0) is 60.0 Å². The normalized spacial score (nSPS) is 19.0. The molecule has 2 aromatic carbocycles. The lowest BCUT2D eigenvalue weighted by Gasteiger charge is -2.27. The van der Waals surface area contributed by atoms with Crippen LogP contribution in [0.3, 0.4) is 0 Å². The van der Waals surface area contributed by atoms with Crippen LogP contribution in [0.2, 0.25) is 0 Å². The van der Waals surface area contributed by atoms with E-state index in [0.29, 0.717) is 5.75 Å². The van der Waals surface area contributed by atoms with E-state index in [2.05, 4.69) is 41.9 Å². The van der Waals surface area contributed by atoms with E-state index in [1.165, 1.54) is 10.5 Å². The van der Waals surface area contributed by atoms with Crippen LogP contribution in [-0.2, 0) is 14.9 Å². The molecular formula is C25H30BrNO5. The number of amides is 1. The van der Waals surface area contributed by atoms with Gasteiger partial charge in [-0.25, -0.2) is 9.59 Å². The highest BCUT2D eigenvalue weighted by atomic mass is 79.9. The Hall–Kier alpha value is -2.54. The minimum atomic E-state index is -1.07. The maximum atomic E-state index is 12.5. The third-order valence-electron chi connectivity index (χ3n) is 5.62. The molecule has 1 aliphatic heterocycles. The highest BCUT2D eigenvalue weighted by molar-refractivity contribution is 9.10. The molecule has 0 spiro atoms. The third kappa shape index (κ3) is 5.44. The molecule has 0 radical (unpaired) electrons. The monoisotopic (exact) mass is 503 g/mol. The first-order valence-electron chi connectivity index (χ1n) is 10.6. The summed E-state index contributed by atoms with van der Waals surface area (Å²) < 4.78 is 12.3. The summed E-state index contributed by atoms with van der Waals surface area (Å²) in [7, 11) is 0. The summed E-state index contributed by atoms with van der Waals surface area (Å²) in [5.74, 6) is -0.459. The quantitative estimate of drug-likeness (QED) is 0.573. The Morgan fingerprint density at radius 3 is 2.25 bits per heavy atom. The Morgan fingerprint density at radius 1 is 1.03 bits per heavy atom. The first-order valence-corrected chi connectivity index (χ1v) is 11.4. The largest absolute Gasteiger partial charge is 0.487 e. The maximum absolute atomic E-state index is 12.5. The number of rotatable bonds is 5. The number of halogens is 1. The van der Waals surface area contributed by atoms with E-state index < -0.39 is 29.8 Å². The van der Waals surface area contributed by atoms with Crippen molar-refractivity contribution in [3.05, 3.63) is 64.1 Å². The number of benzene rings is 2. The van der Waals surface area contributed by atoms with Gasteiger partial charge in [0, 0.05) is 11.8 Å². The van der Waals surface area contributed by atoms with Gasteiger partial charge in [0.25, 0.3) is 0 Å². The maximum Gasteiger partial charge on any atom is 0.411 e. The van der Waals surface area contributed by atoms with E-state index in [9.17, 15) is 14.7 Å². The second-order valence-electron chi connectivity index (χ2n) is 9.60. The molecule has 0 aromatic heterocycles. The highest BCUT2D eigenvalue weighted by Crippen LogP contribution is 2.37. The van der Waals surface area contributed by atoms with Gasteiger partial charge in [-0.2, -0.15) is 0 Å². The Morgan fingerprint density at radius 2 is 1.69 bits per heavy atom. The van der Waals surface area contributed by atoms with Gasteiger partial charge < -0.3 is 14.6 Å². The van der Waals surface area contributed by atoms with E-state index >= 15 is 0 Å². The summed E-state index contributed by atoms with van der Waals surface area (Å²) >= 11 is 3.60. The fraction of sp³-hybridized carbons (Fsp3) is 0.440. The fourth-order valence-electron chi connectivity index (χ4n) is 3.83. The summed E-state index contributed by atoms with van der Waals surface area (Å²) in [6.07, 6.45) is -0.902. The topological polar surface area (TPSA) is 76.1 Å². The molecule has 1 heterocycles. The molecule has 32 heavy (non-hydrogen) atoms. The Kier molecular flexibility index (Phi) is 6.89. The van der Waals surface area contributed by atoms with E-state index in [-0.39, 0.29) is 18.4 Å². The lowest BCUT2D eigenvalue weighted by molar-refractivity contribution is -0.142. The van der Waals surface area contributed by atoms with Crippen molar-refractivity contribution in [2.75, 3.05) is 6.54 Å². The average molecular weight is 504 g/mol. The molecule has 1 N–H and O–H groups in total. The second kappa shape index (κ2) is 9.14. The van der Waals surface area contributed by atoms with Gasteiger partial charge in [0.05, 0.1) is 11.0 Å². The number of carbonyl (C=O) groups is 2. The van der Waals surface area contributed by atoms with Crippen LogP contribution >= 0.6 is 15.9 Å². The predicted octanol–water partition coefficient (Wildman–Crippen LogP) is 5.62. The summed E-state index contributed by atoms with van der Waals surface area (Å²) in [6.45, 7) is 9.73. The number of hydrogen-bond acceptors (Lipinski definition) is 4. The summed E-state index contributed by atoms with van der Waals surface area (Å²) in [4.78, 5) is 25.5. The van der Waals surface area contributed by atoms with Crippen molar-refractivity contribution >= 4 is 28.0 Å². The minimum absolute atomic E-state index is 0.148. The first kappa shape index (κ1) is 24.1. The van der Waals surface area contributed by atoms with Gasteiger partial charge in [0.15, 0.2) is 0 Å². The van der Waals surface area contributed by atoms with Crippen molar-refractivity contribution in [3.63, 3.8) is 0 Å². The number of nitrogens with zero attached hydrogens (tertiary/aromatic N) is 1. The van der Waals surface area contributed by atoms with Crippen LogP contribution < -0.4 is 4.74 Å². The number of carboxylic acid groups (broad SMARTS) is 1. The minimum Gasteiger partial charge on any atom is -0.487 e. The molecule has 7 heteroatoms. The third-order valence-corrected chi connectivity index (χ3v) is 6.24. The number of ether oxygens (including phenoxy) is 2. The van der Waals surface area contributed by atoms with E-state index in [1.807, 2.05) is 36.4 Å². The SMILES string of the molecule is CC(C)(C)OC(=O)N1CC(Oc2ccc(C(C)(C)c3ccccc3)cc2Br)CC1C(=O)O. The highest BCUT2D eigenvalue weighted by Gasteiger charge is 2.42. The van der Waals surface area contributed by atoms with E-state index in [1.54, 1.807) is 20.8 Å². The van der Waals surface area contributed by atoms with Gasteiger partial charge in [-0.15, -0.1) is 0 Å². The zero-order valence-electron chi connectivity index (χ0n) is 19.1. The number of carbonyl (C=O) groups excluding carboxylic acids is 1. The van der Waals surface area contributed by atoms with Gasteiger partial charge in [0.2, 0.25) is 0 Å². The van der Waals surface area contributed by atoms with Crippen LogP contribution in [0, 0.1) is 0 Å². The van der Waals surface area contributed by atoms with Crippen LogP contribution in [0.5, 0.6) is 5.75 Å². The number of carboxylic acids is 1. The van der Waals surface area contributed by atoms with Crippen LogP contribution in [0.25, 0.3) is 0 Å². The molecule has 3 rings (SSSR count). The average Bonchev–Trinajstić information content (AvgIpc) is 3.13. The van der Waals surface area contributed by atoms with Gasteiger partial charge in [-0.3, -0.25) is 4.90 Å². The summed E-state index contributed by atoms with van der Waals surface area (Å²) in [5, 5.41) is 9.59. The number of likely N-dealkylation sites (tertiary alicyclic amines) is 1. The van der Waals surface area contributed by atoms with Gasteiger partial charge in [0.1, 0.15) is 23.5 Å². The molecule has 172 valence electrons. The van der Waals surface area contributed by atoms with Crippen LogP contribution in [0.15, 0.2) is 53.0 Å². The molecule has 1 fully saturated rings. The Labute approximate surface area is 197 Å². The standard InChI is InChI=1S/C25H30BrNO5/c1-24(2,3)32-23(30)27-15-18(14-20(27)22(28)29)31-21-12-11-17(13-19(21)26)25(4,5)16-9-7-6-8-10-16/h6-13,18,20H,14-15H2,1-5H3,(H,28,29). The molecule has 2 atom stereocenters. The second-order valence-corrected chi connectivity index (χ2v) is 10.5. The van der Waals surface area contributed by atoms with E-state index in [4.69, 9.17) is 9.47 Å². The predicted molar refractivity (Wildman–Crippen MR) is 126 cm³/mol. The lowest BCUT2D eigenvalue weighted by Crippen LogP contribution is -2.43. The van der Waals surface area contributed by atoms with Crippen molar-refractivity contribution in [2.45, 2.75) is 64.2 Å². The summed E-state index contributed by atoms with van der Waals surface area (Å²) in [6, 6.07) is 15.2. The number of aliphatic carboxylic acids is 1. The first-order chi connectivity index (χ1) is 14.9. The van der Waals surface area contributed by atoms with Crippen molar-refractivity contribution in [1.82, 2.24) is 4.90 Å². The summed E-state index contributed by atoms with van der Waals surface area (Å²) in [5.41, 5.74) is 1.42. The van der Waals surface area contributed by atoms with Crippen LogP contribution in [0.1, 0.15) is 52.2 Å². The molecular weight excluding hydrogens is 474 g/mol. The molecule has 2 unspecified atom stereocenters. The molecule has 2 aromatic rings.